The van der Waals surface area contributed by atoms with Crippen molar-refractivity contribution < 1.29 is 26.4 Å². The highest BCUT2D eigenvalue weighted by Crippen LogP contribution is 2.15. The zero-order chi connectivity index (χ0) is 23.1. The van der Waals surface area contributed by atoms with E-state index in [0.29, 0.717) is 30.6 Å². The topological polar surface area (TPSA) is 179 Å². The molecule has 0 saturated heterocycles. The summed E-state index contributed by atoms with van der Waals surface area (Å²) in [7, 11) is -7.56. The average molecular weight is 469 g/mol. The molecule has 0 heterocycles. The molecule has 0 aliphatic rings. The lowest BCUT2D eigenvalue weighted by molar-refractivity contribution is -0.116. The Kier molecular flexibility index (Phi) is 8.28. The van der Waals surface area contributed by atoms with E-state index in [0.717, 1.165) is 0 Å². The van der Waals surface area contributed by atoms with Crippen LogP contribution in [0.4, 0.5) is 11.4 Å². The lowest BCUT2D eigenvalue weighted by Gasteiger charge is -2.07. The van der Waals surface area contributed by atoms with Crippen LogP contribution in [0.3, 0.4) is 0 Å². The van der Waals surface area contributed by atoms with Crippen molar-refractivity contribution >= 4 is 43.2 Å². The van der Waals surface area contributed by atoms with Gasteiger partial charge in [0, 0.05) is 24.2 Å². The number of hydrogen-bond donors (Lipinski definition) is 4. The highest BCUT2D eigenvalue weighted by molar-refractivity contribution is 7.89. The summed E-state index contributed by atoms with van der Waals surface area (Å²) in [4.78, 5) is 23.8. The van der Waals surface area contributed by atoms with Crippen LogP contribution in [0.15, 0.2) is 58.3 Å². The van der Waals surface area contributed by atoms with Gasteiger partial charge in [0.15, 0.2) is 0 Å². The van der Waals surface area contributed by atoms with Crippen LogP contribution in [-0.2, 0) is 29.6 Å². The molecule has 31 heavy (non-hydrogen) atoms. The Balaban J connectivity index is 1.66. The average Bonchev–Trinajstić information content (AvgIpc) is 2.67. The van der Waals surface area contributed by atoms with Crippen LogP contribution in [0.2, 0.25) is 0 Å². The Bertz CT molecular complexity index is 1040. The number of hydrogen-bond acceptors (Lipinski definition) is 6. The van der Waals surface area contributed by atoms with E-state index in [9.17, 15) is 26.4 Å². The van der Waals surface area contributed by atoms with Crippen molar-refractivity contribution in [2.75, 3.05) is 10.6 Å². The summed E-state index contributed by atoms with van der Waals surface area (Å²) < 4.78 is 44.8. The Hall–Kier alpha value is -2.80. The number of amides is 2. The van der Waals surface area contributed by atoms with E-state index in [4.69, 9.17) is 10.3 Å². The smallest absolute Gasteiger partial charge is 0.238 e. The van der Waals surface area contributed by atoms with Gasteiger partial charge in [-0.3, -0.25) is 9.59 Å². The number of benzene rings is 2. The van der Waals surface area contributed by atoms with Gasteiger partial charge in [-0.2, -0.15) is 0 Å². The second-order valence-corrected chi connectivity index (χ2v) is 9.92. The van der Waals surface area contributed by atoms with Gasteiger partial charge in [-0.05, 0) is 61.4 Å². The molecule has 0 atom stereocenters. The molecule has 0 spiro atoms. The van der Waals surface area contributed by atoms with Crippen molar-refractivity contribution in [1.29, 1.82) is 0 Å². The monoisotopic (exact) mass is 468 g/mol. The van der Waals surface area contributed by atoms with Crippen LogP contribution in [-0.4, -0.2) is 28.6 Å². The minimum Gasteiger partial charge on any atom is -0.326 e. The predicted octanol–water partition coefficient (Wildman–Crippen LogP) is 1.51. The van der Waals surface area contributed by atoms with Crippen molar-refractivity contribution in [3.8, 4) is 0 Å². The number of sulfonamides is 2. The lowest BCUT2D eigenvalue weighted by atomic mass is 10.1. The van der Waals surface area contributed by atoms with E-state index in [1.165, 1.54) is 48.5 Å². The van der Waals surface area contributed by atoms with E-state index in [1.807, 2.05) is 0 Å². The third kappa shape index (κ3) is 8.45. The molecule has 2 aromatic carbocycles. The summed E-state index contributed by atoms with van der Waals surface area (Å²) in [6.45, 7) is 0. The van der Waals surface area contributed by atoms with Crippen LogP contribution < -0.4 is 20.9 Å². The minimum atomic E-state index is -3.78. The van der Waals surface area contributed by atoms with Gasteiger partial charge in [0.05, 0.1) is 9.79 Å². The first-order valence-corrected chi connectivity index (χ1v) is 12.4. The number of carbonyl (C=O) groups is 2. The first-order chi connectivity index (χ1) is 14.4. The summed E-state index contributed by atoms with van der Waals surface area (Å²) in [6.07, 6.45) is 2.34. The maximum absolute atomic E-state index is 11.9. The summed E-state index contributed by atoms with van der Waals surface area (Å²) in [5.41, 5.74) is 0.926. The summed E-state index contributed by atoms with van der Waals surface area (Å²) >= 11 is 0. The SMILES string of the molecule is NS(=O)(=O)c1ccc(NC(=O)CCCCCC(=O)Nc2ccc(S(N)(=O)=O)cc2)cc1. The highest BCUT2D eigenvalue weighted by atomic mass is 32.2. The molecule has 168 valence electrons. The number of nitrogens with one attached hydrogen (secondary N) is 2. The van der Waals surface area contributed by atoms with Crippen molar-refractivity contribution in [2.45, 2.75) is 41.9 Å². The van der Waals surface area contributed by atoms with Crippen LogP contribution in [0.25, 0.3) is 0 Å². The number of nitrogens with two attached hydrogens (primary N) is 2. The molecule has 0 saturated carbocycles. The van der Waals surface area contributed by atoms with Crippen molar-refractivity contribution in [2.24, 2.45) is 10.3 Å². The van der Waals surface area contributed by atoms with E-state index >= 15 is 0 Å². The molecular weight excluding hydrogens is 444 g/mol. The van der Waals surface area contributed by atoms with Gasteiger partial charge in [-0.25, -0.2) is 27.1 Å². The minimum absolute atomic E-state index is 0.0378. The zero-order valence-electron chi connectivity index (χ0n) is 16.6. The summed E-state index contributed by atoms with van der Waals surface area (Å²) in [5, 5.41) is 15.4. The van der Waals surface area contributed by atoms with Gasteiger partial charge in [0.1, 0.15) is 0 Å². The van der Waals surface area contributed by atoms with Crippen LogP contribution in [0.5, 0.6) is 0 Å². The predicted molar refractivity (Wildman–Crippen MR) is 116 cm³/mol. The number of rotatable bonds is 10. The van der Waals surface area contributed by atoms with Gasteiger partial charge in [-0.1, -0.05) is 6.42 Å². The zero-order valence-corrected chi connectivity index (χ0v) is 18.2. The van der Waals surface area contributed by atoms with Gasteiger partial charge in [0.25, 0.3) is 0 Å². The fourth-order valence-electron chi connectivity index (χ4n) is 2.65. The molecule has 0 unspecified atom stereocenters. The molecule has 0 fully saturated rings. The summed E-state index contributed by atoms with van der Waals surface area (Å²) in [5.74, 6) is -0.439. The fraction of sp³-hybridized carbons (Fsp3) is 0.263. The van der Waals surface area contributed by atoms with Crippen molar-refractivity contribution in [1.82, 2.24) is 0 Å². The Labute approximate surface area is 181 Å². The lowest BCUT2D eigenvalue weighted by Crippen LogP contribution is -2.14. The molecule has 0 bridgehead atoms. The van der Waals surface area contributed by atoms with E-state index < -0.39 is 20.0 Å². The molecule has 2 aromatic rings. The molecule has 12 heteroatoms. The number of carbonyl (C=O) groups excluding carboxylic acids is 2. The highest BCUT2D eigenvalue weighted by Gasteiger charge is 2.09. The maximum atomic E-state index is 11.9. The van der Waals surface area contributed by atoms with E-state index in [2.05, 4.69) is 10.6 Å². The second-order valence-electron chi connectivity index (χ2n) is 6.80. The number of anilines is 2. The summed E-state index contributed by atoms with van der Waals surface area (Å²) in [6, 6.07) is 11.1. The third-order valence-corrected chi connectivity index (χ3v) is 6.10. The Morgan fingerprint density at radius 2 is 0.935 bits per heavy atom. The number of primary sulfonamides is 2. The fourth-order valence-corrected chi connectivity index (χ4v) is 3.68. The molecule has 0 aliphatic heterocycles. The molecule has 10 nitrogen and oxygen atoms in total. The largest absolute Gasteiger partial charge is 0.326 e. The van der Waals surface area contributed by atoms with Gasteiger partial charge in [0.2, 0.25) is 31.9 Å². The molecule has 0 aliphatic carbocycles. The second kappa shape index (κ2) is 10.5. The van der Waals surface area contributed by atoms with Crippen LogP contribution >= 0.6 is 0 Å². The van der Waals surface area contributed by atoms with Gasteiger partial charge < -0.3 is 10.6 Å². The molecule has 0 aromatic heterocycles. The number of unbranched alkanes of at least 4 members (excludes halogenated alkanes) is 2. The molecule has 6 N–H and O–H groups in total. The van der Waals surface area contributed by atoms with Crippen LogP contribution in [0.1, 0.15) is 32.1 Å². The van der Waals surface area contributed by atoms with Crippen molar-refractivity contribution in [3.05, 3.63) is 48.5 Å². The van der Waals surface area contributed by atoms with Crippen LogP contribution in [0, 0.1) is 0 Å². The van der Waals surface area contributed by atoms with Gasteiger partial charge >= 0.3 is 0 Å². The Morgan fingerprint density at radius 3 is 1.23 bits per heavy atom. The van der Waals surface area contributed by atoms with Gasteiger partial charge in [-0.15, -0.1) is 0 Å². The van der Waals surface area contributed by atoms with Crippen molar-refractivity contribution in [3.63, 3.8) is 0 Å². The molecule has 0 radical (unpaired) electrons. The molecule has 2 amide bonds. The normalized spacial score (nSPS) is 11.7. The third-order valence-electron chi connectivity index (χ3n) is 4.24. The first kappa shape index (κ1) is 24.5. The maximum Gasteiger partial charge on any atom is 0.238 e. The molecule has 2 rings (SSSR count). The Morgan fingerprint density at radius 1 is 0.613 bits per heavy atom. The standard InChI is InChI=1S/C19H24N4O6S2/c20-30(26,27)16-10-6-14(7-11-16)22-18(24)4-2-1-3-5-19(25)23-15-8-12-17(13-9-15)31(21,28)29/h6-13H,1-5H2,(H,22,24)(H,23,25)(H2,20,26,27)(H2,21,28,29). The molecular formula is C19H24N4O6S2. The first-order valence-electron chi connectivity index (χ1n) is 9.30. The van der Waals surface area contributed by atoms with E-state index in [1.54, 1.807) is 0 Å². The van der Waals surface area contributed by atoms with E-state index in [-0.39, 0.29) is 34.4 Å². The quantitative estimate of drug-likeness (QED) is 0.384.